The molecule has 0 aromatic heterocycles. The van der Waals surface area contributed by atoms with Crippen LogP contribution in [-0.2, 0) is 71.2 Å². The van der Waals surface area contributed by atoms with Crippen LogP contribution in [0.2, 0.25) is 0 Å². The molecule has 16 nitrogen and oxygen atoms in total. The molecule has 3 aromatic rings. The summed E-state index contributed by atoms with van der Waals surface area (Å²) in [7, 11) is 0. The minimum absolute atomic E-state index is 0.0446. The van der Waals surface area contributed by atoms with Gasteiger partial charge in [-0.25, -0.2) is 0 Å². The third-order valence-corrected chi connectivity index (χ3v) is 13.3. The Kier molecular flexibility index (Phi) is 21.7. The van der Waals surface area contributed by atoms with Crippen molar-refractivity contribution in [3.8, 4) is 23.0 Å². The van der Waals surface area contributed by atoms with E-state index in [4.69, 9.17) is 56.8 Å². The normalized spacial score (nSPS) is 23.1. The molecule has 2 heterocycles. The van der Waals surface area contributed by atoms with Gasteiger partial charge in [-0.1, -0.05) is 38.8 Å². The predicted octanol–water partition coefficient (Wildman–Crippen LogP) is 7.39. The summed E-state index contributed by atoms with van der Waals surface area (Å²) in [5.41, 5.74) is 4.15. The van der Waals surface area contributed by atoms with Gasteiger partial charge in [-0.15, -0.1) is 0 Å². The molecule has 2 aliphatic carbocycles. The maximum absolute atomic E-state index is 15.0. The molecule has 0 spiro atoms. The number of carbonyl (C=O) groups excluding carboxylic acids is 2. The van der Waals surface area contributed by atoms with Crippen molar-refractivity contribution in [2.24, 2.45) is 0 Å². The van der Waals surface area contributed by atoms with Crippen LogP contribution in [0.15, 0.2) is 48.5 Å². The molecule has 0 radical (unpaired) electrons. The molecule has 70 heavy (non-hydrogen) atoms. The highest BCUT2D eigenvalue weighted by molar-refractivity contribution is 6.01. The molecular formula is C54H76N2O14. The second-order valence-corrected chi connectivity index (χ2v) is 18.1. The molecule has 7 rings (SSSR count). The molecule has 16 heteroatoms. The standard InChI is InChI=1S/C54H76N2O14/c1-3-13-53(51(57)55-43-9-11-47-49(39-43)69-35-31-65-27-23-61-19-17-59-21-25-63-29-33-67-47)15-5-7-41-38-46-42(37-45(41)53)8-6-16-54(46,14-4-2)52(58)56-44-10-12-48-50(40-44)70-36-32-66-28-24-62-20-18-60-22-26-64-30-34-68-48/h9-12,37-40H,3-8,13-36H2,1-2H3,(H,55,57)(H,56,58)/t53-,54+. The number of carbonyl (C=O) groups is 2. The molecule has 2 amide bonds. The number of hydrogen-bond donors (Lipinski definition) is 2. The Morgan fingerprint density at radius 3 is 1.03 bits per heavy atom. The van der Waals surface area contributed by atoms with E-state index in [9.17, 15) is 9.59 Å². The molecule has 4 aliphatic rings. The summed E-state index contributed by atoms with van der Waals surface area (Å²) in [6.45, 7) is 12.6. The van der Waals surface area contributed by atoms with E-state index in [1.54, 1.807) is 0 Å². The van der Waals surface area contributed by atoms with Crippen LogP contribution in [0.3, 0.4) is 0 Å². The van der Waals surface area contributed by atoms with Gasteiger partial charge in [0.15, 0.2) is 23.0 Å². The summed E-state index contributed by atoms with van der Waals surface area (Å²) in [5, 5.41) is 6.62. The topological polar surface area (TPSA) is 169 Å². The van der Waals surface area contributed by atoms with E-state index >= 15 is 0 Å². The largest absolute Gasteiger partial charge is 0.487 e. The first-order valence-corrected chi connectivity index (χ1v) is 25.7. The van der Waals surface area contributed by atoms with E-state index in [2.05, 4.69) is 36.6 Å². The first kappa shape index (κ1) is 53.3. The molecular weight excluding hydrogens is 901 g/mol. The van der Waals surface area contributed by atoms with E-state index < -0.39 is 10.8 Å². The fourth-order valence-corrected chi connectivity index (χ4v) is 10.00. The lowest BCUT2D eigenvalue weighted by Gasteiger charge is -2.42. The lowest BCUT2D eigenvalue weighted by atomic mass is 9.61. The molecule has 0 fully saturated rings. The van der Waals surface area contributed by atoms with Crippen molar-refractivity contribution < 1.29 is 66.4 Å². The Morgan fingerprint density at radius 2 is 0.714 bits per heavy atom. The molecule has 386 valence electrons. The van der Waals surface area contributed by atoms with Gasteiger partial charge in [-0.3, -0.25) is 9.59 Å². The van der Waals surface area contributed by atoms with E-state index in [1.807, 2.05) is 36.4 Å². The average molecular weight is 977 g/mol. The zero-order valence-electron chi connectivity index (χ0n) is 41.5. The van der Waals surface area contributed by atoms with Gasteiger partial charge in [0.2, 0.25) is 11.8 Å². The molecule has 0 saturated carbocycles. The van der Waals surface area contributed by atoms with E-state index in [0.717, 1.165) is 73.6 Å². The first-order valence-electron chi connectivity index (χ1n) is 25.7. The summed E-state index contributed by atoms with van der Waals surface area (Å²) in [4.78, 5) is 29.9. The quantitative estimate of drug-likeness (QED) is 0.229. The maximum atomic E-state index is 15.0. The third kappa shape index (κ3) is 14.8. The van der Waals surface area contributed by atoms with Crippen LogP contribution in [-0.4, -0.2) is 144 Å². The van der Waals surface area contributed by atoms with Crippen molar-refractivity contribution in [2.75, 3.05) is 143 Å². The van der Waals surface area contributed by atoms with Gasteiger partial charge < -0.3 is 67.5 Å². The second-order valence-electron chi connectivity index (χ2n) is 18.1. The first-order chi connectivity index (χ1) is 34.5. The highest BCUT2D eigenvalue weighted by atomic mass is 16.6. The Hall–Kier alpha value is -4.52. The number of amides is 2. The third-order valence-electron chi connectivity index (χ3n) is 13.3. The molecule has 2 atom stereocenters. The number of rotatable bonds is 8. The number of aryl methyl sites for hydroxylation is 2. The summed E-state index contributed by atoms with van der Waals surface area (Å²) >= 11 is 0. The van der Waals surface area contributed by atoms with Crippen molar-refractivity contribution >= 4 is 23.2 Å². The molecule has 2 N–H and O–H groups in total. The fourth-order valence-electron chi connectivity index (χ4n) is 10.00. The number of nitrogens with one attached hydrogen (secondary N) is 2. The van der Waals surface area contributed by atoms with Crippen LogP contribution in [0.1, 0.15) is 87.5 Å². The summed E-state index contributed by atoms with van der Waals surface area (Å²) < 4.78 is 69.7. The Labute approximate surface area is 413 Å². The summed E-state index contributed by atoms with van der Waals surface area (Å²) in [6.07, 6.45) is 7.84. The Bertz CT molecular complexity index is 1940. The molecule has 0 bridgehead atoms. The van der Waals surface area contributed by atoms with E-state index in [0.29, 0.717) is 179 Å². The van der Waals surface area contributed by atoms with Crippen LogP contribution in [0.5, 0.6) is 23.0 Å². The van der Waals surface area contributed by atoms with Crippen LogP contribution in [0, 0.1) is 0 Å². The second kappa shape index (κ2) is 28.5. The highest BCUT2D eigenvalue weighted by Gasteiger charge is 2.47. The van der Waals surface area contributed by atoms with Crippen molar-refractivity contribution in [1.29, 1.82) is 0 Å². The SMILES string of the molecule is CCC[C@@]1(C(=O)Nc2ccc3c(c2)OCCOCCOCCOCCOCCO3)CCCc2cc3c(cc21)CCC[C@]3(CCC)C(=O)Nc1ccc2c(c1)OCCOCCOCCOCCOCCO2. The van der Waals surface area contributed by atoms with Gasteiger partial charge in [-0.05, 0) is 97.9 Å². The van der Waals surface area contributed by atoms with Gasteiger partial charge in [0.25, 0.3) is 0 Å². The van der Waals surface area contributed by atoms with Gasteiger partial charge in [0.1, 0.15) is 26.4 Å². The Morgan fingerprint density at radius 1 is 0.414 bits per heavy atom. The van der Waals surface area contributed by atoms with Gasteiger partial charge in [0.05, 0.1) is 117 Å². The molecule has 2 aliphatic heterocycles. The maximum Gasteiger partial charge on any atom is 0.235 e. The van der Waals surface area contributed by atoms with Gasteiger partial charge in [-0.2, -0.15) is 0 Å². The molecule has 0 unspecified atom stereocenters. The van der Waals surface area contributed by atoms with Crippen molar-refractivity contribution in [3.63, 3.8) is 0 Å². The van der Waals surface area contributed by atoms with Gasteiger partial charge >= 0.3 is 0 Å². The summed E-state index contributed by atoms with van der Waals surface area (Å²) in [6, 6.07) is 15.6. The van der Waals surface area contributed by atoms with Crippen LogP contribution in [0.4, 0.5) is 11.4 Å². The zero-order valence-corrected chi connectivity index (χ0v) is 41.5. The van der Waals surface area contributed by atoms with Crippen molar-refractivity contribution in [2.45, 2.75) is 88.9 Å². The van der Waals surface area contributed by atoms with Crippen LogP contribution < -0.4 is 29.6 Å². The Balaban J connectivity index is 1.09. The van der Waals surface area contributed by atoms with Gasteiger partial charge in [0, 0.05) is 23.5 Å². The summed E-state index contributed by atoms with van der Waals surface area (Å²) in [5.74, 6) is 2.03. The van der Waals surface area contributed by atoms with E-state index in [-0.39, 0.29) is 11.8 Å². The average Bonchev–Trinajstić information content (AvgIpc) is 3.36. The van der Waals surface area contributed by atoms with Crippen LogP contribution >= 0.6 is 0 Å². The zero-order chi connectivity index (χ0) is 48.7. The molecule has 3 aromatic carbocycles. The number of fused-ring (bicyclic) bond motifs is 4. The van der Waals surface area contributed by atoms with Crippen molar-refractivity contribution in [1.82, 2.24) is 0 Å². The number of ether oxygens (including phenoxy) is 12. The van der Waals surface area contributed by atoms with Crippen LogP contribution in [0.25, 0.3) is 0 Å². The number of anilines is 2. The fraction of sp³-hybridized carbons (Fsp3) is 0.630. The van der Waals surface area contributed by atoms with Crippen molar-refractivity contribution in [3.05, 3.63) is 70.8 Å². The monoisotopic (exact) mass is 977 g/mol. The number of hydrogen-bond acceptors (Lipinski definition) is 14. The lowest BCUT2D eigenvalue weighted by Crippen LogP contribution is -2.45. The minimum atomic E-state index is -0.756. The minimum Gasteiger partial charge on any atom is -0.487 e. The lowest BCUT2D eigenvalue weighted by molar-refractivity contribution is -0.123. The van der Waals surface area contributed by atoms with E-state index in [1.165, 1.54) is 0 Å². The molecule has 0 saturated heterocycles. The highest BCUT2D eigenvalue weighted by Crippen LogP contribution is 2.49. The smallest absolute Gasteiger partial charge is 0.235 e. The number of benzene rings is 3. The predicted molar refractivity (Wildman–Crippen MR) is 264 cm³/mol.